The summed E-state index contributed by atoms with van der Waals surface area (Å²) in [5.41, 5.74) is 0.847. The lowest BCUT2D eigenvalue weighted by Crippen LogP contribution is -2.51. The molecule has 25 heavy (non-hydrogen) atoms. The molecule has 0 N–H and O–H groups in total. The molecule has 0 saturated heterocycles. The first-order valence-electron chi connectivity index (χ1n) is 8.12. The standard InChI is InChI=1S/C18H24BrNO5/c1-4-24-18(23)17(13(2)3)20(15(21)10-19)11-16(22)25-12-14-8-6-5-7-9-14/h5-9,13,17H,4,10-12H2,1-3H3. The quantitative estimate of drug-likeness (QED) is 0.459. The Hall–Kier alpha value is -1.89. The van der Waals surface area contributed by atoms with Crippen molar-refractivity contribution in [2.75, 3.05) is 18.5 Å². The minimum atomic E-state index is -0.839. The Morgan fingerprint density at radius 3 is 2.28 bits per heavy atom. The number of carbonyl (C=O) groups excluding carboxylic acids is 3. The first kappa shape index (κ1) is 21.2. The molecule has 0 aliphatic carbocycles. The Balaban J connectivity index is 2.81. The zero-order valence-electron chi connectivity index (χ0n) is 14.7. The van der Waals surface area contributed by atoms with Crippen LogP contribution in [0.5, 0.6) is 0 Å². The van der Waals surface area contributed by atoms with Crippen molar-refractivity contribution >= 4 is 33.8 Å². The Morgan fingerprint density at radius 2 is 1.76 bits per heavy atom. The molecule has 0 aliphatic heterocycles. The molecule has 1 rings (SSSR count). The molecule has 0 bridgehead atoms. The van der Waals surface area contributed by atoms with Crippen LogP contribution < -0.4 is 0 Å². The molecular formula is C18H24BrNO5. The first-order chi connectivity index (χ1) is 11.9. The second-order valence-corrected chi connectivity index (χ2v) is 6.30. The number of esters is 2. The number of hydrogen-bond acceptors (Lipinski definition) is 5. The lowest BCUT2D eigenvalue weighted by atomic mass is 10.0. The lowest BCUT2D eigenvalue weighted by Gasteiger charge is -2.31. The van der Waals surface area contributed by atoms with Gasteiger partial charge in [-0.3, -0.25) is 9.59 Å². The summed E-state index contributed by atoms with van der Waals surface area (Å²) in [7, 11) is 0. The number of hydrogen-bond donors (Lipinski definition) is 0. The van der Waals surface area contributed by atoms with Gasteiger partial charge in [0, 0.05) is 0 Å². The van der Waals surface area contributed by atoms with Crippen molar-refractivity contribution in [3.63, 3.8) is 0 Å². The number of carbonyl (C=O) groups is 3. The van der Waals surface area contributed by atoms with Crippen molar-refractivity contribution in [3.8, 4) is 0 Å². The minimum Gasteiger partial charge on any atom is -0.464 e. The molecule has 1 unspecified atom stereocenters. The van der Waals surface area contributed by atoms with Crippen LogP contribution in [0.15, 0.2) is 30.3 Å². The van der Waals surface area contributed by atoms with Crippen molar-refractivity contribution < 1.29 is 23.9 Å². The van der Waals surface area contributed by atoms with E-state index in [-0.39, 0.29) is 36.9 Å². The summed E-state index contributed by atoms with van der Waals surface area (Å²) in [5.74, 6) is -1.68. The van der Waals surface area contributed by atoms with Crippen molar-refractivity contribution in [2.45, 2.75) is 33.4 Å². The Labute approximate surface area is 156 Å². The summed E-state index contributed by atoms with van der Waals surface area (Å²) in [6.45, 7) is 5.30. The fourth-order valence-electron chi connectivity index (χ4n) is 2.33. The van der Waals surface area contributed by atoms with Gasteiger partial charge in [0.2, 0.25) is 5.91 Å². The summed E-state index contributed by atoms with van der Waals surface area (Å²) in [6.07, 6.45) is 0. The molecule has 0 heterocycles. The van der Waals surface area contributed by atoms with E-state index in [0.29, 0.717) is 0 Å². The third-order valence-electron chi connectivity index (χ3n) is 3.47. The molecule has 0 aliphatic rings. The van der Waals surface area contributed by atoms with Crippen LogP contribution in [-0.4, -0.2) is 47.3 Å². The predicted molar refractivity (Wildman–Crippen MR) is 97.0 cm³/mol. The van der Waals surface area contributed by atoms with Gasteiger partial charge in [0.05, 0.1) is 11.9 Å². The van der Waals surface area contributed by atoms with E-state index in [1.165, 1.54) is 4.90 Å². The highest BCUT2D eigenvalue weighted by atomic mass is 79.9. The second-order valence-electron chi connectivity index (χ2n) is 5.74. The smallest absolute Gasteiger partial charge is 0.329 e. The maximum Gasteiger partial charge on any atom is 0.329 e. The van der Waals surface area contributed by atoms with E-state index in [4.69, 9.17) is 9.47 Å². The lowest BCUT2D eigenvalue weighted by molar-refractivity contribution is -0.160. The molecule has 0 aromatic heterocycles. The van der Waals surface area contributed by atoms with E-state index in [9.17, 15) is 14.4 Å². The van der Waals surface area contributed by atoms with Crippen LogP contribution in [0.25, 0.3) is 0 Å². The number of benzene rings is 1. The first-order valence-corrected chi connectivity index (χ1v) is 9.24. The molecular weight excluding hydrogens is 390 g/mol. The van der Waals surface area contributed by atoms with Gasteiger partial charge in [-0.2, -0.15) is 0 Å². The Bertz CT molecular complexity index is 576. The number of rotatable bonds is 9. The van der Waals surface area contributed by atoms with Crippen LogP contribution in [0.1, 0.15) is 26.3 Å². The van der Waals surface area contributed by atoms with E-state index in [2.05, 4.69) is 15.9 Å². The number of alkyl halides is 1. The minimum absolute atomic E-state index is 0.00158. The topological polar surface area (TPSA) is 72.9 Å². The second kappa shape index (κ2) is 10.9. The largest absolute Gasteiger partial charge is 0.464 e. The molecule has 1 atom stereocenters. The molecule has 1 aromatic carbocycles. The van der Waals surface area contributed by atoms with Crippen LogP contribution in [0.4, 0.5) is 0 Å². The zero-order valence-corrected chi connectivity index (χ0v) is 16.3. The van der Waals surface area contributed by atoms with Gasteiger partial charge in [0.1, 0.15) is 19.2 Å². The zero-order chi connectivity index (χ0) is 18.8. The summed E-state index contributed by atoms with van der Waals surface area (Å²) in [5, 5.41) is 0.00158. The molecule has 0 saturated carbocycles. The van der Waals surface area contributed by atoms with Gasteiger partial charge in [0.15, 0.2) is 0 Å². The normalized spacial score (nSPS) is 11.7. The molecule has 0 spiro atoms. The van der Waals surface area contributed by atoms with E-state index in [0.717, 1.165) is 5.56 Å². The van der Waals surface area contributed by atoms with Crippen molar-refractivity contribution in [3.05, 3.63) is 35.9 Å². The van der Waals surface area contributed by atoms with Crippen LogP contribution in [0.2, 0.25) is 0 Å². The molecule has 0 fully saturated rings. The summed E-state index contributed by atoms with van der Waals surface area (Å²) >= 11 is 3.09. The van der Waals surface area contributed by atoms with Gasteiger partial charge in [-0.25, -0.2) is 4.79 Å². The number of amides is 1. The molecule has 1 amide bonds. The van der Waals surface area contributed by atoms with E-state index >= 15 is 0 Å². The Kier molecular flexibility index (Phi) is 9.20. The van der Waals surface area contributed by atoms with Gasteiger partial charge in [-0.15, -0.1) is 0 Å². The van der Waals surface area contributed by atoms with Crippen LogP contribution >= 0.6 is 15.9 Å². The van der Waals surface area contributed by atoms with Crippen molar-refractivity contribution in [1.29, 1.82) is 0 Å². The summed E-state index contributed by atoms with van der Waals surface area (Å²) in [4.78, 5) is 37.8. The van der Waals surface area contributed by atoms with Gasteiger partial charge in [-0.1, -0.05) is 60.1 Å². The molecule has 138 valence electrons. The number of halogens is 1. The third-order valence-corrected chi connectivity index (χ3v) is 3.95. The number of ether oxygens (including phenoxy) is 2. The van der Waals surface area contributed by atoms with E-state index in [1.54, 1.807) is 20.8 Å². The van der Waals surface area contributed by atoms with Crippen molar-refractivity contribution in [1.82, 2.24) is 4.90 Å². The fraction of sp³-hybridized carbons (Fsp3) is 0.500. The molecule has 1 aromatic rings. The average Bonchev–Trinajstić information content (AvgIpc) is 2.59. The van der Waals surface area contributed by atoms with Gasteiger partial charge >= 0.3 is 11.9 Å². The van der Waals surface area contributed by atoms with Gasteiger partial charge in [-0.05, 0) is 18.4 Å². The molecule has 7 heteroatoms. The highest BCUT2D eigenvalue weighted by Gasteiger charge is 2.34. The SMILES string of the molecule is CCOC(=O)C(C(C)C)N(CC(=O)OCc1ccccc1)C(=O)CBr. The van der Waals surface area contributed by atoms with Crippen LogP contribution in [0.3, 0.4) is 0 Å². The maximum absolute atomic E-state index is 12.2. The van der Waals surface area contributed by atoms with Gasteiger partial charge in [0.25, 0.3) is 0 Å². The Morgan fingerprint density at radius 1 is 1.12 bits per heavy atom. The average molecular weight is 414 g/mol. The fourth-order valence-corrected chi connectivity index (χ4v) is 2.65. The highest BCUT2D eigenvalue weighted by Crippen LogP contribution is 2.15. The van der Waals surface area contributed by atoms with Crippen LogP contribution in [0, 0.1) is 5.92 Å². The monoisotopic (exact) mass is 413 g/mol. The predicted octanol–water partition coefficient (Wildman–Crippen LogP) is 2.54. The van der Waals surface area contributed by atoms with Gasteiger partial charge < -0.3 is 14.4 Å². The number of nitrogens with zero attached hydrogens (tertiary/aromatic N) is 1. The van der Waals surface area contributed by atoms with E-state index in [1.807, 2.05) is 30.3 Å². The van der Waals surface area contributed by atoms with Crippen LogP contribution in [-0.2, 0) is 30.5 Å². The summed E-state index contributed by atoms with van der Waals surface area (Å²) in [6, 6.07) is 8.40. The van der Waals surface area contributed by atoms with E-state index < -0.39 is 18.0 Å². The summed E-state index contributed by atoms with van der Waals surface area (Å²) < 4.78 is 10.3. The maximum atomic E-state index is 12.2. The molecule has 6 nitrogen and oxygen atoms in total. The van der Waals surface area contributed by atoms with Crippen molar-refractivity contribution in [2.24, 2.45) is 5.92 Å². The highest BCUT2D eigenvalue weighted by molar-refractivity contribution is 9.09. The molecule has 0 radical (unpaired) electrons. The third kappa shape index (κ3) is 6.86.